The fourth-order valence-corrected chi connectivity index (χ4v) is 2.13. The van der Waals surface area contributed by atoms with Crippen molar-refractivity contribution in [2.45, 2.75) is 32.8 Å². The number of anilines is 2. The van der Waals surface area contributed by atoms with Gasteiger partial charge in [-0.1, -0.05) is 6.92 Å². The zero-order valence-electron chi connectivity index (χ0n) is 11.4. The molecule has 1 aliphatic rings. The number of ether oxygens (including phenoxy) is 1. The van der Waals surface area contributed by atoms with Crippen LogP contribution in [0.15, 0.2) is 0 Å². The minimum Gasteiger partial charge on any atom is -0.383 e. The number of aryl methyl sites for hydroxylation is 1. The number of nitrogen functional groups attached to an aromatic ring is 1. The SMILES string of the molecule is CCCc1nc(N)c(C)c(N2CCOC(C#N)C2)n1. The lowest BCUT2D eigenvalue weighted by molar-refractivity contribution is 0.0761. The number of aromatic nitrogens is 2. The fraction of sp³-hybridized carbons (Fsp3) is 0.615. The summed E-state index contributed by atoms with van der Waals surface area (Å²) in [7, 11) is 0. The van der Waals surface area contributed by atoms with Crippen LogP contribution in [0.25, 0.3) is 0 Å². The van der Waals surface area contributed by atoms with Crippen molar-refractivity contribution in [2.75, 3.05) is 30.3 Å². The van der Waals surface area contributed by atoms with Crippen LogP contribution in [0.5, 0.6) is 0 Å². The first-order valence-corrected chi connectivity index (χ1v) is 6.54. The number of hydrogen-bond acceptors (Lipinski definition) is 6. The van der Waals surface area contributed by atoms with Crippen LogP contribution in [0.4, 0.5) is 11.6 Å². The van der Waals surface area contributed by atoms with Gasteiger partial charge in [0.25, 0.3) is 0 Å². The van der Waals surface area contributed by atoms with Crippen LogP contribution < -0.4 is 10.6 Å². The van der Waals surface area contributed by atoms with Crippen LogP contribution in [-0.4, -0.2) is 35.8 Å². The lowest BCUT2D eigenvalue weighted by Crippen LogP contribution is -2.42. The van der Waals surface area contributed by atoms with Crippen molar-refractivity contribution in [3.8, 4) is 6.07 Å². The van der Waals surface area contributed by atoms with E-state index in [9.17, 15) is 0 Å². The van der Waals surface area contributed by atoms with Crippen LogP contribution in [0, 0.1) is 18.3 Å². The van der Waals surface area contributed by atoms with E-state index in [2.05, 4.69) is 27.9 Å². The minimum atomic E-state index is -0.404. The van der Waals surface area contributed by atoms with Crippen LogP contribution in [0.3, 0.4) is 0 Å². The summed E-state index contributed by atoms with van der Waals surface area (Å²) < 4.78 is 5.35. The zero-order chi connectivity index (χ0) is 13.8. The molecule has 0 aliphatic carbocycles. The highest BCUT2D eigenvalue weighted by atomic mass is 16.5. The van der Waals surface area contributed by atoms with Gasteiger partial charge in [0.05, 0.1) is 19.2 Å². The van der Waals surface area contributed by atoms with Crippen LogP contribution in [0.1, 0.15) is 24.7 Å². The fourth-order valence-electron chi connectivity index (χ4n) is 2.13. The molecule has 0 aromatic carbocycles. The van der Waals surface area contributed by atoms with E-state index in [1.807, 2.05) is 6.92 Å². The van der Waals surface area contributed by atoms with E-state index in [4.69, 9.17) is 15.7 Å². The van der Waals surface area contributed by atoms with Crippen LogP contribution >= 0.6 is 0 Å². The maximum absolute atomic E-state index is 8.96. The van der Waals surface area contributed by atoms with Gasteiger partial charge in [-0.05, 0) is 13.3 Å². The van der Waals surface area contributed by atoms with E-state index >= 15 is 0 Å². The lowest BCUT2D eigenvalue weighted by Gasteiger charge is -2.32. The molecular formula is C13H19N5O. The third-order valence-corrected chi connectivity index (χ3v) is 3.19. The summed E-state index contributed by atoms with van der Waals surface area (Å²) in [6.07, 6.45) is 1.38. The van der Waals surface area contributed by atoms with Gasteiger partial charge in [-0.3, -0.25) is 0 Å². The first-order chi connectivity index (χ1) is 9.15. The molecule has 0 saturated carbocycles. The molecule has 0 amide bonds. The highest BCUT2D eigenvalue weighted by molar-refractivity contribution is 5.56. The third-order valence-electron chi connectivity index (χ3n) is 3.19. The van der Waals surface area contributed by atoms with E-state index < -0.39 is 6.10 Å². The molecule has 2 rings (SSSR count). The number of nitriles is 1. The maximum Gasteiger partial charge on any atom is 0.161 e. The molecule has 1 aromatic rings. The predicted molar refractivity (Wildman–Crippen MR) is 72.7 cm³/mol. The largest absolute Gasteiger partial charge is 0.383 e. The molecular weight excluding hydrogens is 242 g/mol. The summed E-state index contributed by atoms with van der Waals surface area (Å²) in [6.45, 7) is 5.78. The second-order valence-corrected chi connectivity index (χ2v) is 4.66. The second kappa shape index (κ2) is 5.85. The molecule has 102 valence electrons. The van der Waals surface area contributed by atoms with Crippen LogP contribution in [0.2, 0.25) is 0 Å². The highest BCUT2D eigenvalue weighted by Gasteiger charge is 2.23. The summed E-state index contributed by atoms with van der Waals surface area (Å²) in [5.74, 6) is 2.12. The van der Waals surface area contributed by atoms with Crippen molar-refractivity contribution in [3.63, 3.8) is 0 Å². The predicted octanol–water partition coefficient (Wildman–Crippen LogP) is 1.05. The standard InChI is InChI=1S/C13H19N5O/c1-3-4-11-16-12(15)9(2)13(17-11)18-5-6-19-10(7-14)8-18/h10H,3-6,8H2,1-2H3,(H2,15,16,17). The molecule has 0 bridgehead atoms. The summed E-state index contributed by atoms with van der Waals surface area (Å²) in [4.78, 5) is 10.9. The van der Waals surface area contributed by atoms with Crippen molar-refractivity contribution in [1.29, 1.82) is 5.26 Å². The molecule has 1 aromatic heterocycles. The van der Waals surface area contributed by atoms with Gasteiger partial charge in [0, 0.05) is 18.5 Å². The Morgan fingerprint density at radius 3 is 3.00 bits per heavy atom. The quantitative estimate of drug-likeness (QED) is 0.875. The van der Waals surface area contributed by atoms with Crippen LogP contribution in [-0.2, 0) is 11.2 Å². The topological polar surface area (TPSA) is 88.1 Å². The molecule has 2 N–H and O–H groups in total. The van der Waals surface area contributed by atoms with Crippen molar-refractivity contribution in [1.82, 2.24) is 9.97 Å². The van der Waals surface area contributed by atoms with Gasteiger partial charge >= 0.3 is 0 Å². The third kappa shape index (κ3) is 2.93. The van der Waals surface area contributed by atoms with Gasteiger partial charge in [-0.2, -0.15) is 5.26 Å². The number of nitrogens with two attached hydrogens (primary N) is 1. The second-order valence-electron chi connectivity index (χ2n) is 4.66. The molecule has 19 heavy (non-hydrogen) atoms. The average Bonchev–Trinajstić information content (AvgIpc) is 2.43. The minimum absolute atomic E-state index is 0.404. The smallest absolute Gasteiger partial charge is 0.161 e. The van der Waals surface area contributed by atoms with Gasteiger partial charge in [0.1, 0.15) is 17.5 Å². The maximum atomic E-state index is 8.96. The zero-order valence-corrected chi connectivity index (χ0v) is 11.4. The summed E-state index contributed by atoms with van der Waals surface area (Å²) in [5, 5.41) is 8.96. The van der Waals surface area contributed by atoms with Gasteiger partial charge in [0.2, 0.25) is 0 Å². The Labute approximate surface area is 113 Å². The molecule has 1 atom stereocenters. The molecule has 2 heterocycles. The Kier molecular flexibility index (Phi) is 4.17. The van der Waals surface area contributed by atoms with E-state index in [1.54, 1.807) is 0 Å². The Balaban J connectivity index is 2.30. The summed E-state index contributed by atoms with van der Waals surface area (Å²) in [6, 6.07) is 2.14. The first-order valence-electron chi connectivity index (χ1n) is 6.54. The lowest BCUT2D eigenvalue weighted by atomic mass is 10.2. The Morgan fingerprint density at radius 1 is 1.53 bits per heavy atom. The average molecular weight is 261 g/mol. The van der Waals surface area contributed by atoms with Crippen molar-refractivity contribution < 1.29 is 4.74 Å². The molecule has 0 radical (unpaired) electrons. The molecule has 6 nitrogen and oxygen atoms in total. The molecule has 6 heteroatoms. The normalized spacial score (nSPS) is 19.2. The van der Waals surface area contributed by atoms with E-state index in [0.717, 1.165) is 36.6 Å². The van der Waals surface area contributed by atoms with E-state index in [-0.39, 0.29) is 0 Å². The molecule has 0 spiro atoms. The molecule has 1 aliphatic heterocycles. The van der Waals surface area contributed by atoms with Crippen molar-refractivity contribution in [3.05, 3.63) is 11.4 Å². The summed E-state index contributed by atoms with van der Waals surface area (Å²) >= 11 is 0. The molecule has 1 unspecified atom stereocenters. The van der Waals surface area contributed by atoms with Gasteiger partial charge in [0.15, 0.2) is 6.10 Å². The highest BCUT2D eigenvalue weighted by Crippen LogP contribution is 2.23. The monoisotopic (exact) mass is 261 g/mol. The number of hydrogen-bond donors (Lipinski definition) is 1. The van der Waals surface area contributed by atoms with E-state index in [1.165, 1.54) is 0 Å². The Hall–Kier alpha value is -1.87. The first kappa shape index (κ1) is 13.6. The molecule has 1 saturated heterocycles. The van der Waals surface area contributed by atoms with E-state index in [0.29, 0.717) is 19.0 Å². The van der Waals surface area contributed by atoms with Gasteiger partial charge in [-0.15, -0.1) is 0 Å². The Bertz CT molecular complexity index is 497. The number of nitrogens with zero attached hydrogens (tertiary/aromatic N) is 4. The molecule has 1 fully saturated rings. The summed E-state index contributed by atoms with van der Waals surface area (Å²) in [5.41, 5.74) is 6.83. The van der Waals surface area contributed by atoms with Gasteiger partial charge in [-0.25, -0.2) is 9.97 Å². The number of morpholine rings is 1. The Morgan fingerprint density at radius 2 is 2.32 bits per heavy atom. The number of rotatable bonds is 3. The van der Waals surface area contributed by atoms with Gasteiger partial charge < -0.3 is 15.4 Å². The van der Waals surface area contributed by atoms with Crippen molar-refractivity contribution in [2.24, 2.45) is 0 Å². The van der Waals surface area contributed by atoms with Crippen molar-refractivity contribution >= 4 is 11.6 Å².